The monoisotopic (exact) mass is 218 g/mol. The molecule has 1 aromatic carbocycles. The Morgan fingerprint density at radius 3 is 2.69 bits per heavy atom. The zero-order valence-corrected chi connectivity index (χ0v) is 9.54. The van der Waals surface area contributed by atoms with E-state index in [0.29, 0.717) is 6.61 Å². The van der Waals surface area contributed by atoms with E-state index in [1.54, 1.807) is 0 Å². The third kappa shape index (κ3) is 5.49. The third-order valence-electron chi connectivity index (χ3n) is 2.05. The molecule has 0 aliphatic heterocycles. The minimum atomic E-state index is 0.0348. The molecule has 0 bridgehead atoms. The second kappa shape index (κ2) is 7.85. The van der Waals surface area contributed by atoms with E-state index in [4.69, 9.17) is 9.84 Å². The molecule has 86 valence electrons. The number of hydrogen-bond acceptors (Lipinski definition) is 2. The van der Waals surface area contributed by atoms with Gasteiger partial charge in [0.2, 0.25) is 0 Å². The molecular weight excluding hydrogens is 200 g/mol. The zero-order valence-electron chi connectivity index (χ0n) is 9.54. The van der Waals surface area contributed by atoms with Crippen molar-refractivity contribution in [2.75, 3.05) is 13.2 Å². The number of aliphatic hydroxyl groups excluding tert-OH is 1. The first-order valence-corrected chi connectivity index (χ1v) is 5.45. The van der Waals surface area contributed by atoms with Gasteiger partial charge in [-0.3, -0.25) is 0 Å². The van der Waals surface area contributed by atoms with E-state index in [2.05, 4.69) is 12.1 Å². The minimum Gasteiger partial charge on any atom is -0.394 e. The maximum absolute atomic E-state index is 8.57. The molecule has 0 radical (unpaired) electrons. The number of aliphatic hydroxyl groups is 1. The highest BCUT2D eigenvalue weighted by molar-refractivity contribution is 5.50. The van der Waals surface area contributed by atoms with Crippen LogP contribution in [0.4, 0.5) is 0 Å². The summed E-state index contributed by atoms with van der Waals surface area (Å²) < 4.78 is 5.27. The number of hydrogen-bond donors (Lipinski definition) is 1. The predicted molar refractivity (Wildman–Crippen MR) is 67.1 cm³/mol. The van der Waals surface area contributed by atoms with Gasteiger partial charge in [0.05, 0.1) is 19.3 Å². The fourth-order valence-corrected chi connectivity index (χ4v) is 1.25. The van der Waals surface area contributed by atoms with E-state index in [-0.39, 0.29) is 12.7 Å². The number of ether oxygens (including phenoxy) is 1. The molecular formula is C14H18O2. The first kappa shape index (κ1) is 12.7. The van der Waals surface area contributed by atoms with Crippen LogP contribution in [0.5, 0.6) is 0 Å². The van der Waals surface area contributed by atoms with E-state index in [1.165, 1.54) is 5.56 Å². The molecule has 0 heterocycles. The first-order chi connectivity index (χ1) is 7.83. The Balaban J connectivity index is 2.33. The summed E-state index contributed by atoms with van der Waals surface area (Å²) in [5, 5.41) is 8.57. The highest BCUT2D eigenvalue weighted by Gasteiger charge is 1.93. The molecule has 16 heavy (non-hydrogen) atoms. The Kier molecular flexibility index (Phi) is 6.23. The van der Waals surface area contributed by atoms with Gasteiger partial charge in [0.15, 0.2) is 0 Å². The topological polar surface area (TPSA) is 29.5 Å². The molecule has 1 aromatic rings. The normalized spacial score (nSPS) is 13.6. The maximum Gasteiger partial charge on any atom is 0.0731 e. The average molecular weight is 218 g/mol. The van der Waals surface area contributed by atoms with Crippen LogP contribution in [0.3, 0.4) is 0 Å². The second-order valence-corrected chi connectivity index (χ2v) is 3.45. The summed E-state index contributed by atoms with van der Waals surface area (Å²) in [5.74, 6) is 0. The van der Waals surface area contributed by atoms with Crippen LogP contribution in [0.1, 0.15) is 12.5 Å². The van der Waals surface area contributed by atoms with Crippen molar-refractivity contribution in [1.82, 2.24) is 0 Å². The Hall–Kier alpha value is -1.38. The molecule has 0 amide bonds. The van der Waals surface area contributed by atoms with Gasteiger partial charge in [-0.2, -0.15) is 0 Å². The van der Waals surface area contributed by atoms with Gasteiger partial charge in [-0.1, -0.05) is 54.6 Å². The highest BCUT2D eigenvalue weighted by Crippen LogP contribution is 2.01. The van der Waals surface area contributed by atoms with Crippen molar-refractivity contribution < 1.29 is 9.84 Å². The summed E-state index contributed by atoms with van der Waals surface area (Å²) >= 11 is 0. The van der Waals surface area contributed by atoms with Gasteiger partial charge in [0.1, 0.15) is 0 Å². The highest BCUT2D eigenvalue weighted by atomic mass is 16.5. The third-order valence-corrected chi connectivity index (χ3v) is 2.05. The quantitative estimate of drug-likeness (QED) is 0.744. The van der Waals surface area contributed by atoms with Gasteiger partial charge in [-0.05, 0) is 12.5 Å². The lowest BCUT2D eigenvalue weighted by Gasteiger charge is -2.05. The smallest absolute Gasteiger partial charge is 0.0731 e. The van der Waals surface area contributed by atoms with Crippen molar-refractivity contribution >= 4 is 6.08 Å². The molecule has 1 unspecified atom stereocenters. The van der Waals surface area contributed by atoms with Gasteiger partial charge >= 0.3 is 0 Å². The lowest BCUT2D eigenvalue weighted by molar-refractivity contribution is 0.0641. The second-order valence-electron chi connectivity index (χ2n) is 3.45. The minimum absolute atomic E-state index is 0.0348. The molecule has 2 heteroatoms. The van der Waals surface area contributed by atoms with Gasteiger partial charge in [-0.25, -0.2) is 0 Å². The SMILES string of the molecule is CC(/C=C/C=C/c1ccccc1)OCCO. The van der Waals surface area contributed by atoms with Crippen LogP contribution >= 0.6 is 0 Å². The predicted octanol–water partition coefficient (Wildman–Crippen LogP) is 2.65. The van der Waals surface area contributed by atoms with Gasteiger partial charge in [-0.15, -0.1) is 0 Å². The standard InChI is InChI=1S/C14H18O2/c1-13(16-12-11-15)7-5-6-10-14-8-3-2-4-9-14/h2-10,13,15H,11-12H2,1H3/b7-5+,10-6+. The van der Waals surface area contributed by atoms with E-state index in [1.807, 2.05) is 49.4 Å². The van der Waals surface area contributed by atoms with Gasteiger partial charge in [0.25, 0.3) is 0 Å². The summed E-state index contributed by atoms with van der Waals surface area (Å²) in [6, 6.07) is 10.1. The Labute approximate surface area is 96.9 Å². The summed E-state index contributed by atoms with van der Waals surface area (Å²) in [4.78, 5) is 0. The van der Waals surface area contributed by atoms with Crippen LogP contribution in [0.15, 0.2) is 48.6 Å². The summed E-state index contributed by atoms with van der Waals surface area (Å²) in [6.07, 6.45) is 7.96. The molecule has 0 saturated carbocycles. The largest absolute Gasteiger partial charge is 0.394 e. The van der Waals surface area contributed by atoms with E-state index in [9.17, 15) is 0 Å². The lowest BCUT2D eigenvalue weighted by atomic mass is 10.2. The van der Waals surface area contributed by atoms with Crippen LogP contribution in [-0.2, 0) is 4.74 Å². The van der Waals surface area contributed by atoms with Crippen LogP contribution in [0, 0.1) is 0 Å². The number of benzene rings is 1. The van der Waals surface area contributed by atoms with Crippen molar-refractivity contribution in [2.45, 2.75) is 13.0 Å². The Bertz CT molecular complexity index is 328. The zero-order chi connectivity index (χ0) is 11.6. The van der Waals surface area contributed by atoms with Crippen molar-refractivity contribution in [1.29, 1.82) is 0 Å². The van der Waals surface area contributed by atoms with Crippen molar-refractivity contribution in [3.8, 4) is 0 Å². The van der Waals surface area contributed by atoms with Crippen molar-refractivity contribution in [3.63, 3.8) is 0 Å². The maximum atomic E-state index is 8.57. The van der Waals surface area contributed by atoms with Crippen LogP contribution in [0.2, 0.25) is 0 Å². The molecule has 0 aliphatic carbocycles. The molecule has 2 nitrogen and oxygen atoms in total. The average Bonchev–Trinajstić information content (AvgIpc) is 2.33. The molecule has 0 aromatic heterocycles. The summed E-state index contributed by atoms with van der Waals surface area (Å²) in [6.45, 7) is 2.40. The Morgan fingerprint density at radius 1 is 1.25 bits per heavy atom. The van der Waals surface area contributed by atoms with Gasteiger partial charge in [0, 0.05) is 0 Å². The van der Waals surface area contributed by atoms with Crippen LogP contribution < -0.4 is 0 Å². The van der Waals surface area contributed by atoms with Gasteiger partial charge < -0.3 is 9.84 Å². The fourth-order valence-electron chi connectivity index (χ4n) is 1.25. The molecule has 0 aliphatic rings. The molecule has 1 rings (SSSR count). The van der Waals surface area contributed by atoms with Crippen LogP contribution in [-0.4, -0.2) is 24.4 Å². The summed E-state index contributed by atoms with van der Waals surface area (Å²) in [7, 11) is 0. The lowest BCUT2D eigenvalue weighted by Crippen LogP contribution is -2.07. The van der Waals surface area contributed by atoms with Crippen LogP contribution in [0.25, 0.3) is 6.08 Å². The Morgan fingerprint density at radius 2 is 2.00 bits per heavy atom. The van der Waals surface area contributed by atoms with Crippen molar-refractivity contribution in [3.05, 3.63) is 54.1 Å². The fraction of sp³-hybridized carbons (Fsp3) is 0.286. The first-order valence-electron chi connectivity index (χ1n) is 5.45. The molecule has 1 atom stereocenters. The summed E-state index contributed by atoms with van der Waals surface area (Å²) in [5.41, 5.74) is 1.18. The van der Waals surface area contributed by atoms with E-state index in [0.717, 1.165) is 0 Å². The molecule has 0 saturated heterocycles. The molecule has 0 spiro atoms. The number of rotatable bonds is 6. The molecule has 1 N–H and O–H groups in total. The molecule has 0 fully saturated rings. The van der Waals surface area contributed by atoms with E-state index >= 15 is 0 Å². The number of allylic oxidation sites excluding steroid dienone is 2. The van der Waals surface area contributed by atoms with Crippen molar-refractivity contribution in [2.24, 2.45) is 0 Å². The van der Waals surface area contributed by atoms with E-state index < -0.39 is 0 Å².